The number of aromatic nitrogens is 1. The number of nitrogens with one attached hydrogen (secondary N) is 1. The van der Waals surface area contributed by atoms with Gasteiger partial charge in [0, 0.05) is 20.8 Å². The average Bonchev–Trinajstić information content (AvgIpc) is 2.83. The van der Waals surface area contributed by atoms with Crippen molar-refractivity contribution in [1.29, 1.82) is 0 Å². The van der Waals surface area contributed by atoms with Gasteiger partial charge in [-0.05, 0) is 23.8 Å². The standard InChI is InChI=1S/C15H13BrN2O4S/c1-23(20,21)22-7-8-2-3-9-12(6-8)18-14-10(15(17)19)4-5-11(16)13(9)14/h2-6,18H,7H2,1H3,(H2,17,19). The molecular weight excluding hydrogens is 384 g/mol. The Morgan fingerprint density at radius 2 is 2.04 bits per heavy atom. The van der Waals surface area contributed by atoms with Gasteiger partial charge in [-0.15, -0.1) is 0 Å². The number of primary amides is 1. The Hall–Kier alpha value is -1.90. The summed E-state index contributed by atoms with van der Waals surface area (Å²) in [5.74, 6) is -0.519. The molecule has 8 heteroatoms. The number of H-pyrrole nitrogens is 1. The smallest absolute Gasteiger partial charge is 0.264 e. The highest BCUT2D eigenvalue weighted by Crippen LogP contribution is 2.34. The molecule has 0 fully saturated rings. The molecule has 0 saturated carbocycles. The van der Waals surface area contributed by atoms with Gasteiger partial charge in [0.1, 0.15) is 0 Å². The molecule has 0 bridgehead atoms. The number of fused-ring (bicyclic) bond motifs is 3. The van der Waals surface area contributed by atoms with Crippen molar-refractivity contribution in [1.82, 2.24) is 4.98 Å². The van der Waals surface area contributed by atoms with Crippen LogP contribution in [0.15, 0.2) is 34.8 Å². The van der Waals surface area contributed by atoms with Gasteiger partial charge in [0.25, 0.3) is 16.0 Å². The highest BCUT2D eigenvalue weighted by Gasteiger charge is 2.15. The van der Waals surface area contributed by atoms with Crippen LogP contribution in [-0.2, 0) is 20.9 Å². The Labute approximate surface area is 140 Å². The lowest BCUT2D eigenvalue weighted by Crippen LogP contribution is -2.11. The van der Waals surface area contributed by atoms with Gasteiger partial charge < -0.3 is 10.7 Å². The van der Waals surface area contributed by atoms with E-state index in [1.165, 1.54) is 0 Å². The van der Waals surface area contributed by atoms with E-state index in [1.54, 1.807) is 24.3 Å². The maximum absolute atomic E-state index is 11.6. The minimum atomic E-state index is -3.50. The van der Waals surface area contributed by atoms with Gasteiger partial charge in [-0.1, -0.05) is 28.1 Å². The summed E-state index contributed by atoms with van der Waals surface area (Å²) in [5, 5.41) is 1.75. The second kappa shape index (κ2) is 5.63. The molecule has 0 saturated heterocycles. The molecule has 0 atom stereocenters. The van der Waals surface area contributed by atoms with E-state index < -0.39 is 16.0 Å². The Morgan fingerprint density at radius 3 is 2.70 bits per heavy atom. The van der Waals surface area contributed by atoms with E-state index in [0.29, 0.717) is 16.6 Å². The van der Waals surface area contributed by atoms with Crippen LogP contribution in [0.1, 0.15) is 15.9 Å². The second-order valence-electron chi connectivity index (χ2n) is 5.18. The molecule has 1 amide bonds. The predicted molar refractivity (Wildman–Crippen MR) is 91.7 cm³/mol. The molecule has 0 aliphatic carbocycles. The van der Waals surface area contributed by atoms with Crippen LogP contribution < -0.4 is 5.73 Å². The molecular formula is C15H13BrN2O4S. The van der Waals surface area contributed by atoms with E-state index >= 15 is 0 Å². The minimum Gasteiger partial charge on any atom is -0.366 e. The van der Waals surface area contributed by atoms with Gasteiger partial charge in [-0.3, -0.25) is 8.98 Å². The first-order chi connectivity index (χ1) is 10.8. The van der Waals surface area contributed by atoms with E-state index in [0.717, 1.165) is 27.0 Å². The fourth-order valence-corrected chi connectivity index (χ4v) is 3.38. The Kier molecular flexibility index (Phi) is 3.91. The first-order valence-corrected chi connectivity index (χ1v) is 9.24. The predicted octanol–water partition coefficient (Wildman–Crippen LogP) is 2.66. The van der Waals surface area contributed by atoms with E-state index in [-0.39, 0.29) is 6.61 Å². The molecule has 2 aromatic carbocycles. The van der Waals surface area contributed by atoms with Crippen molar-refractivity contribution >= 4 is 53.8 Å². The maximum Gasteiger partial charge on any atom is 0.264 e. The van der Waals surface area contributed by atoms with Crippen molar-refractivity contribution in [2.45, 2.75) is 6.61 Å². The highest BCUT2D eigenvalue weighted by atomic mass is 79.9. The van der Waals surface area contributed by atoms with Crippen LogP contribution in [0.25, 0.3) is 21.8 Å². The van der Waals surface area contributed by atoms with Crippen molar-refractivity contribution in [3.8, 4) is 0 Å². The number of nitrogens with two attached hydrogens (primary N) is 1. The minimum absolute atomic E-state index is 0.0476. The lowest BCUT2D eigenvalue weighted by Gasteiger charge is -2.02. The number of aromatic amines is 1. The zero-order chi connectivity index (χ0) is 16.8. The molecule has 3 rings (SSSR count). The first-order valence-electron chi connectivity index (χ1n) is 6.63. The molecule has 0 radical (unpaired) electrons. The highest BCUT2D eigenvalue weighted by molar-refractivity contribution is 9.10. The van der Waals surface area contributed by atoms with E-state index in [4.69, 9.17) is 9.92 Å². The molecule has 120 valence electrons. The number of rotatable bonds is 4. The Morgan fingerprint density at radius 1 is 1.30 bits per heavy atom. The molecule has 1 aromatic heterocycles. The third-order valence-electron chi connectivity index (χ3n) is 3.47. The second-order valence-corrected chi connectivity index (χ2v) is 7.68. The van der Waals surface area contributed by atoms with Crippen molar-refractivity contribution in [2.75, 3.05) is 6.26 Å². The summed E-state index contributed by atoms with van der Waals surface area (Å²) in [4.78, 5) is 14.8. The lowest BCUT2D eigenvalue weighted by molar-refractivity contribution is 0.100. The number of hydrogen-bond acceptors (Lipinski definition) is 4. The normalized spacial score (nSPS) is 12.1. The number of hydrogen-bond donors (Lipinski definition) is 2. The van der Waals surface area contributed by atoms with Crippen LogP contribution in [0.4, 0.5) is 0 Å². The molecule has 3 N–H and O–H groups in total. The van der Waals surface area contributed by atoms with E-state index in [1.807, 2.05) is 6.07 Å². The fraction of sp³-hybridized carbons (Fsp3) is 0.133. The van der Waals surface area contributed by atoms with E-state index in [9.17, 15) is 13.2 Å². The number of carbonyl (C=O) groups is 1. The molecule has 0 spiro atoms. The van der Waals surface area contributed by atoms with Crippen molar-refractivity contribution in [3.05, 3.63) is 45.9 Å². The summed E-state index contributed by atoms with van der Waals surface area (Å²) < 4.78 is 27.8. The number of benzene rings is 2. The van der Waals surface area contributed by atoms with Crippen LogP contribution in [0, 0.1) is 0 Å². The zero-order valence-electron chi connectivity index (χ0n) is 12.1. The molecule has 1 heterocycles. The monoisotopic (exact) mass is 396 g/mol. The molecule has 6 nitrogen and oxygen atoms in total. The summed E-state index contributed by atoms with van der Waals surface area (Å²) in [6.07, 6.45) is 1.00. The number of halogens is 1. The summed E-state index contributed by atoms with van der Waals surface area (Å²) in [6.45, 7) is -0.0476. The van der Waals surface area contributed by atoms with Gasteiger partial charge in [-0.2, -0.15) is 8.42 Å². The van der Waals surface area contributed by atoms with Gasteiger partial charge in [0.2, 0.25) is 0 Å². The lowest BCUT2D eigenvalue weighted by atomic mass is 10.1. The van der Waals surface area contributed by atoms with Crippen molar-refractivity contribution < 1.29 is 17.4 Å². The van der Waals surface area contributed by atoms with Crippen LogP contribution in [0.5, 0.6) is 0 Å². The number of carbonyl (C=O) groups excluding carboxylic acids is 1. The van der Waals surface area contributed by atoms with E-state index in [2.05, 4.69) is 20.9 Å². The maximum atomic E-state index is 11.6. The fourth-order valence-electron chi connectivity index (χ4n) is 2.49. The Balaban J connectivity index is 2.17. The molecule has 0 unspecified atom stereocenters. The summed E-state index contributed by atoms with van der Waals surface area (Å²) in [5.41, 5.74) is 7.92. The summed E-state index contributed by atoms with van der Waals surface area (Å²) >= 11 is 3.48. The van der Waals surface area contributed by atoms with Gasteiger partial charge in [-0.25, -0.2) is 0 Å². The van der Waals surface area contributed by atoms with Crippen LogP contribution in [0.2, 0.25) is 0 Å². The third-order valence-corrected chi connectivity index (χ3v) is 4.68. The zero-order valence-corrected chi connectivity index (χ0v) is 14.5. The van der Waals surface area contributed by atoms with Gasteiger partial charge >= 0.3 is 0 Å². The Bertz CT molecular complexity index is 1040. The van der Waals surface area contributed by atoms with Crippen LogP contribution >= 0.6 is 15.9 Å². The molecule has 0 aliphatic heterocycles. The average molecular weight is 397 g/mol. The summed E-state index contributed by atoms with van der Waals surface area (Å²) in [7, 11) is -3.50. The van der Waals surface area contributed by atoms with Crippen molar-refractivity contribution in [3.63, 3.8) is 0 Å². The molecule has 3 aromatic rings. The molecule has 23 heavy (non-hydrogen) atoms. The SMILES string of the molecule is CS(=O)(=O)OCc1ccc2c(c1)[nH]c1c(C(N)=O)ccc(Br)c12. The quantitative estimate of drug-likeness (QED) is 0.661. The summed E-state index contributed by atoms with van der Waals surface area (Å²) in [6, 6.07) is 8.85. The largest absolute Gasteiger partial charge is 0.366 e. The first kappa shape index (κ1) is 16.0. The third kappa shape index (κ3) is 3.10. The number of amides is 1. The topological polar surface area (TPSA) is 102 Å². The van der Waals surface area contributed by atoms with Crippen LogP contribution in [0.3, 0.4) is 0 Å². The van der Waals surface area contributed by atoms with Crippen molar-refractivity contribution in [2.24, 2.45) is 5.73 Å². The molecule has 0 aliphatic rings. The van der Waals surface area contributed by atoms with Gasteiger partial charge in [0.05, 0.1) is 23.9 Å². The van der Waals surface area contributed by atoms with Crippen LogP contribution in [-0.4, -0.2) is 25.6 Å². The van der Waals surface area contributed by atoms with Gasteiger partial charge in [0.15, 0.2) is 0 Å².